The highest BCUT2D eigenvalue weighted by atomic mass is 35.5. The molecule has 0 fully saturated rings. The molecule has 0 amide bonds. The molecule has 0 aromatic heterocycles. The highest BCUT2D eigenvalue weighted by Gasteiger charge is 2.13. The van der Waals surface area contributed by atoms with E-state index in [1.807, 2.05) is 0 Å². The standard InChI is InChI=1S/C11H15ClO4/c1-7(14)6-16-11-8(5-13)3-9(12)4-10(11)15-2/h3-4,7,13-14H,5-6H2,1-2H3. The molecular weight excluding hydrogens is 232 g/mol. The Morgan fingerprint density at radius 3 is 2.62 bits per heavy atom. The van der Waals surface area contributed by atoms with Crippen molar-refractivity contribution < 1.29 is 19.7 Å². The largest absolute Gasteiger partial charge is 0.493 e. The van der Waals surface area contributed by atoms with Crippen molar-refractivity contribution in [3.8, 4) is 11.5 Å². The molecule has 1 unspecified atom stereocenters. The van der Waals surface area contributed by atoms with Crippen molar-refractivity contribution in [2.75, 3.05) is 13.7 Å². The number of aliphatic hydroxyl groups excluding tert-OH is 2. The molecule has 1 atom stereocenters. The van der Waals surface area contributed by atoms with Gasteiger partial charge >= 0.3 is 0 Å². The number of benzene rings is 1. The first kappa shape index (κ1) is 13.1. The molecule has 0 saturated heterocycles. The molecule has 1 aromatic carbocycles. The second kappa shape index (κ2) is 5.94. The number of halogens is 1. The third-order valence-corrected chi connectivity index (χ3v) is 2.17. The summed E-state index contributed by atoms with van der Waals surface area (Å²) >= 11 is 5.85. The molecule has 4 nitrogen and oxygen atoms in total. The van der Waals surface area contributed by atoms with E-state index in [2.05, 4.69) is 0 Å². The van der Waals surface area contributed by atoms with Gasteiger partial charge in [-0.05, 0) is 13.0 Å². The van der Waals surface area contributed by atoms with Crippen LogP contribution < -0.4 is 9.47 Å². The van der Waals surface area contributed by atoms with Gasteiger partial charge in [-0.1, -0.05) is 11.6 Å². The molecule has 0 aliphatic rings. The van der Waals surface area contributed by atoms with Crippen LogP contribution in [0.25, 0.3) is 0 Å². The Kier molecular flexibility index (Phi) is 4.86. The van der Waals surface area contributed by atoms with E-state index in [4.69, 9.17) is 26.2 Å². The maximum atomic E-state index is 9.17. The van der Waals surface area contributed by atoms with E-state index in [0.29, 0.717) is 22.1 Å². The predicted molar refractivity (Wildman–Crippen MR) is 61.1 cm³/mol. The number of ether oxygens (including phenoxy) is 2. The van der Waals surface area contributed by atoms with Crippen LogP contribution in [0.2, 0.25) is 5.02 Å². The van der Waals surface area contributed by atoms with Gasteiger partial charge in [0.15, 0.2) is 11.5 Å². The molecule has 0 aliphatic heterocycles. The summed E-state index contributed by atoms with van der Waals surface area (Å²) < 4.78 is 10.5. The molecule has 5 heteroatoms. The molecule has 0 radical (unpaired) electrons. The molecule has 0 saturated carbocycles. The zero-order valence-electron chi connectivity index (χ0n) is 9.24. The first-order valence-corrected chi connectivity index (χ1v) is 5.24. The van der Waals surface area contributed by atoms with Crippen molar-refractivity contribution in [2.24, 2.45) is 0 Å². The van der Waals surface area contributed by atoms with E-state index in [0.717, 1.165) is 0 Å². The van der Waals surface area contributed by atoms with Crippen LogP contribution in [0.1, 0.15) is 12.5 Å². The minimum absolute atomic E-state index is 0.130. The quantitative estimate of drug-likeness (QED) is 0.829. The van der Waals surface area contributed by atoms with Crippen LogP contribution in [0.3, 0.4) is 0 Å². The van der Waals surface area contributed by atoms with Gasteiger partial charge in [-0.2, -0.15) is 0 Å². The van der Waals surface area contributed by atoms with Crippen molar-refractivity contribution in [3.63, 3.8) is 0 Å². The van der Waals surface area contributed by atoms with Gasteiger partial charge < -0.3 is 19.7 Å². The molecule has 16 heavy (non-hydrogen) atoms. The normalized spacial score (nSPS) is 12.3. The number of rotatable bonds is 5. The number of hydrogen-bond acceptors (Lipinski definition) is 4. The predicted octanol–water partition coefficient (Wildman–Crippen LogP) is 1.60. The maximum absolute atomic E-state index is 9.17. The van der Waals surface area contributed by atoms with Gasteiger partial charge in [-0.25, -0.2) is 0 Å². The molecule has 0 bridgehead atoms. The van der Waals surface area contributed by atoms with Crippen molar-refractivity contribution in [3.05, 3.63) is 22.7 Å². The summed E-state index contributed by atoms with van der Waals surface area (Å²) in [6.45, 7) is 1.54. The summed E-state index contributed by atoms with van der Waals surface area (Å²) in [7, 11) is 1.49. The summed E-state index contributed by atoms with van der Waals surface area (Å²) in [4.78, 5) is 0. The lowest BCUT2D eigenvalue weighted by Crippen LogP contribution is -2.14. The lowest BCUT2D eigenvalue weighted by atomic mass is 10.2. The van der Waals surface area contributed by atoms with Crippen molar-refractivity contribution in [2.45, 2.75) is 19.6 Å². The Labute approximate surface area is 99.4 Å². The van der Waals surface area contributed by atoms with Crippen molar-refractivity contribution in [1.29, 1.82) is 0 Å². The summed E-state index contributed by atoms with van der Waals surface area (Å²) in [6.07, 6.45) is -0.591. The van der Waals surface area contributed by atoms with Crippen molar-refractivity contribution in [1.82, 2.24) is 0 Å². The van der Waals surface area contributed by atoms with Gasteiger partial charge in [-0.15, -0.1) is 0 Å². The monoisotopic (exact) mass is 246 g/mol. The van der Waals surface area contributed by atoms with Crippen LogP contribution in [-0.2, 0) is 6.61 Å². The Morgan fingerprint density at radius 1 is 1.44 bits per heavy atom. The van der Waals surface area contributed by atoms with Crippen LogP contribution in [-0.4, -0.2) is 30.0 Å². The van der Waals surface area contributed by atoms with Gasteiger partial charge in [0.05, 0.1) is 19.8 Å². The third-order valence-electron chi connectivity index (χ3n) is 1.96. The topological polar surface area (TPSA) is 58.9 Å². The summed E-state index contributed by atoms with van der Waals surface area (Å²) in [5, 5.41) is 18.8. The maximum Gasteiger partial charge on any atom is 0.166 e. The van der Waals surface area contributed by atoms with Crippen LogP contribution in [0.5, 0.6) is 11.5 Å². The highest BCUT2D eigenvalue weighted by molar-refractivity contribution is 6.30. The van der Waals surface area contributed by atoms with Crippen LogP contribution in [0.4, 0.5) is 0 Å². The number of hydrogen-bond donors (Lipinski definition) is 2. The van der Waals surface area contributed by atoms with Gasteiger partial charge in [-0.3, -0.25) is 0 Å². The van der Waals surface area contributed by atoms with E-state index < -0.39 is 6.10 Å². The van der Waals surface area contributed by atoms with Gasteiger partial charge in [0.1, 0.15) is 6.61 Å². The highest BCUT2D eigenvalue weighted by Crippen LogP contribution is 2.34. The molecule has 90 valence electrons. The lowest BCUT2D eigenvalue weighted by molar-refractivity contribution is 0.118. The fourth-order valence-corrected chi connectivity index (χ4v) is 1.49. The second-order valence-corrected chi connectivity index (χ2v) is 3.85. The molecule has 1 rings (SSSR count). The average Bonchev–Trinajstić information content (AvgIpc) is 2.25. The van der Waals surface area contributed by atoms with Gasteiger partial charge in [0.2, 0.25) is 0 Å². The number of methoxy groups -OCH3 is 1. The minimum Gasteiger partial charge on any atom is -0.493 e. The molecule has 1 aromatic rings. The SMILES string of the molecule is COc1cc(Cl)cc(CO)c1OCC(C)O. The fraction of sp³-hybridized carbons (Fsp3) is 0.455. The first-order valence-electron chi connectivity index (χ1n) is 4.86. The van der Waals surface area contributed by atoms with E-state index in [9.17, 15) is 5.11 Å². The van der Waals surface area contributed by atoms with E-state index in [1.54, 1.807) is 19.1 Å². The zero-order chi connectivity index (χ0) is 12.1. The molecule has 2 N–H and O–H groups in total. The number of aliphatic hydroxyl groups is 2. The van der Waals surface area contributed by atoms with Crippen LogP contribution in [0, 0.1) is 0 Å². The third kappa shape index (κ3) is 3.27. The first-order chi connectivity index (χ1) is 7.58. The van der Waals surface area contributed by atoms with E-state index in [-0.39, 0.29) is 13.2 Å². The fourth-order valence-electron chi connectivity index (χ4n) is 1.26. The Morgan fingerprint density at radius 2 is 2.12 bits per heavy atom. The Bertz CT molecular complexity index is 327. The van der Waals surface area contributed by atoms with Gasteiger partial charge in [0, 0.05) is 16.7 Å². The smallest absolute Gasteiger partial charge is 0.166 e. The van der Waals surface area contributed by atoms with Crippen molar-refractivity contribution >= 4 is 11.6 Å². The second-order valence-electron chi connectivity index (χ2n) is 3.41. The molecular formula is C11H15ClO4. The Hall–Kier alpha value is -0.970. The van der Waals surface area contributed by atoms with Crippen LogP contribution >= 0.6 is 11.6 Å². The van der Waals surface area contributed by atoms with E-state index >= 15 is 0 Å². The zero-order valence-corrected chi connectivity index (χ0v) is 9.99. The summed E-state index contributed by atoms with van der Waals surface area (Å²) in [6, 6.07) is 3.19. The van der Waals surface area contributed by atoms with E-state index in [1.165, 1.54) is 7.11 Å². The van der Waals surface area contributed by atoms with Gasteiger partial charge in [0.25, 0.3) is 0 Å². The summed E-state index contributed by atoms with van der Waals surface area (Å²) in [5.74, 6) is 0.854. The summed E-state index contributed by atoms with van der Waals surface area (Å²) in [5.41, 5.74) is 0.532. The molecule has 0 heterocycles. The Balaban J connectivity index is 3.02. The minimum atomic E-state index is -0.591. The molecule has 0 spiro atoms. The van der Waals surface area contributed by atoms with Crippen LogP contribution in [0.15, 0.2) is 12.1 Å². The lowest BCUT2D eigenvalue weighted by Gasteiger charge is -2.15. The molecule has 0 aliphatic carbocycles. The average molecular weight is 247 g/mol.